The monoisotopic (exact) mass is 279 g/mol. The number of non-ortho nitro benzene ring substituents is 1. The molecule has 2 N–H and O–H groups in total. The van der Waals surface area contributed by atoms with Crippen molar-refractivity contribution in [3.63, 3.8) is 0 Å². The summed E-state index contributed by atoms with van der Waals surface area (Å²) in [5.41, 5.74) is 0.135. The van der Waals surface area contributed by atoms with Crippen LogP contribution in [-0.2, 0) is 0 Å². The van der Waals surface area contributed by atoms with Crippen molar-refractivity contribution in [3.8, 4) is 0 Å². The van der Waals surface area contributed by atoms with E-state index in [0.717, 1.165) is 25.7 Å². The summed E-state index contributed by atoms with van der Waals surface area (Å²) < 4.78 is 0. The fraction of sp³-hybridized carbons (Fsp3) is 0.462. The molecule has 0 amide bonds. The number of nitrogens with one attached hydrogen (secondary N) is 1. The molecular weight excluding hydrogens is 262 g/mol. The van der Waals surface area contributed by atoms with Gasteiger partial charge in [0.05, 0.1) is 10.5 Å². The zero-order valence-corrected chi connectivity index (χ0v) is 11.0. The highest BCUT2D eigenvalue weighted by Crippen LogP contribution is 2.22. The van der Waals surface area contributed by atoms with E-state index in [1.165, 1.54) is 25.0 Å². The molecule has 1 aliphatic rings. The van der Waals surface area contributed by atoms with E-state index in [4.69, 9.17) is 5.11 Å². The van der Waals surface area contributed by atoms with E-state index in [0.29, 0.717) is 12.2 Å². The van der Waals surface area contributed by atoms with Crippen LogP contribution in [0, 0.1) is 10.1 Å². The van der Waals surface area contributed by atoms with Crippen molar-refractivity contribution in [2.24, 2.45) is 0 Å². The predicted molar refractivity (Wildman–Crippen MR) is 74.2 cm³/mol. The number of carboxylic acids is 1. The van der Waals surface area contributed by atoms with Crippen LogP contribution in [0.25, 0.3) is 0 Å². The van der Waals surface area contributed by atoms with Crippen molar-refractivity contribution in [1.82, 2.24) is 4.90 Å². The first kappa shape index (κ1) is 14.3. The van der Waals surface area contributed by atoms with Gasteiger partial charge < -0.3 is 15.3 Å². The van der Waals surface area contributed by atoms with Crippen LogP contribution in [0.2, 0.25) is 0 Å². The number of carboxylic acid groups (broad SMARTS) is 1. The molecular formula is C13H17N3O4. The summed E-state index contributed by atoms with van der Waals surface area (Å²) in [6.07, 6.45) is 2.41. The third-order valence-corrected chi connectivity index (χ3v) is 3.39. The molecule has 0 bridgehead atoms. The Kier molecular flexibility index (Phi) is 4.52. The molecule has 2 rings (SSSR count). The van der Waals surface area contributed by atoms with Gasteiger partial charge in [-0.3, -0.25) is 10.1 Å². The lowest BCUT2D eigenvalue weighted by Crippen LogP contribution is -2.26. The van der Waals surface area contributed by atoms with E-state index in [-0.39, 0.29) is 11.3 Å². The predicted octanol–water partition coefficient (Wildman–Crippen LogP) is 1.80. The number of benzene rings is 1. The number of nitro benzene ring substituents is 1. The molecule has 0 atom stereocenters. The number of aromatic carboxylic acids is 1. The number of carbonyl (C=O) groups is 1. The number of rotatable bonds is 6. The normalized spacial score (nSPS) is 15.2. The van der Waals surface area contributed by atoms with Crippen molar-refractivity contribution < 1.29 is 14.8 Å². The quantitative estimate of drug-likeness (QED) is 0.609. The Morgan fingerprint density at radius 3 is 2.70 bits per heavy atom. The zero-order valence-electron chi connectivity index (χ0n) is 11.0. The standard InChI is InChI=1S/C13H17N3O4/c17-13(18)11-9-10(16(19)20)3-4-12(11)14-5-8-15-6-1-2-7-15/h3-4,9,14H,1-2,5-8H2,(H,17,18). The fourth-order valence-corrected chi connectivity index (χ4v) is 2.33. The molecule has 7 nitrogen and oxygen atoms in total. The molecule has 108 valence electrons. The van der Waals surface area contributed by atoms with Gasteiger partial charge in [0.2, 0.25) is 0 Å². The summed E-state index contributed by atoms with van der Waals surface area (Å²) in [5.74, 6) is -1.17. The average molecular weight is 279 g/mol. The van der Waals surface area contributed by atoms with E-state index < -0.39 is 10.9 Å². The molecule has 1 aliphatic heterocycles. The molecule has 0 aromatic heterocycles. The number of anilines is 1. The van der Waals surface area contributed by atoms with Gasteiger partial charge in [-0.05, 0) is 32.0 Å². The van der Waals surface area contributed by atoms with Gasteiger partial charge >= 0.3 is 5.97 Å². The van der Waals surface area contributed by atoms with E-state index in [9.17, 15) is 14.9 Å². The minimum Gasteiger partial charge on any atom is -0.478 e. The van der Waals surface area contributed by atoms with E-state index in [1.807, 2.05) is 0 Å². The van der Waals surface area contributed by atoms with Gasteiger partial charge in [0.25, 0.3) is 5.69 Å². The van der Waals surface area contributed by atoms with E-state index >= 15 is 0 Å². The van der Waals surface area contributed by atoms with Gasteiger partial charge in [0.15, 0.2) is 0 Å². The second-order valence-corrected chi connectivity index (χ2v) is 4.77. The third-order valence-electron chi connectivity index (χ3n) is 3.39. The van der Waals surface area contributed by atoms with E-state index in [2.05, 4.69) is 10.2 Å². The first-order valence-corrected chi connectivity index (χ1v) is 6.56. The maximum Gasteiger partial charge on any atom is 0.338 e. The number of nitro groups is 1. The van der Waals surface area contributed by atoms with Crippen LogP contribution in [0.1, 0.15) is 23.2 Å². The lowest BCUT2D eigenvalue weighted by atomic mass is 10.1. The van der Waals surface area contributed by atoms with Crippen LogP contribution in [0.4, 0.5) is 11.4 Å². The molecule has 1 aromatic rings. The highest BCUT2D eigenvalue weighted by atomic mass is 16.6. The van der Waals surface area contributed by atoms with Crippen molar-refractivity contribution in [2.45, 2.75) is 12.8 Å². The van der Waals surface area contributed by atoms with Gasteiger partial charge in [0, 0.05) is 30.9 Å². The summed E-state index contributed by atoms with van der Waals surface area (Å²) in [5, 5.41) is 22.8. The largest absolute Gasteiger partial charge is 0.478 e. The van der Waals surface area contributed by atoms with Crippen LogP contribution in [0.5, 0.6) is 0 Å². The van der Waals surface area contributed by atoms with E-state index in [1.54, 1.807) is 0 Å². The molecule has 7 heteroatoms. The summed E-state index contributed by atoms with van der Waals surface area (Å²) in [6, 6.07) is 3.84. The Bertz CT molecular complexity index is 512. The van der Waals surface area contributed by atoms with Crippen molar-refractivity contribution >= 4 is 17.3 Å². The number of likely N-dealkylation sites (tertiary alicyclic amines) is 1. The highest BCUT2D eigenvalue weighted by Gasteiger charge is 2.16. The fourth-order valence-electron chi connectivity index (χ4n) is 2.33. The first-order valence-electron chi connectivity index (χ1n) is 6.56. The molecule has 1 saturated heterocycles. The molecule has 1 aromatic carbocycles. The number of nitrogens with zero attached hydrogens (tertiary/aromatic N) is 2. The van der Waals surface area contributed by atoms with Crippen LogP contribution in [0.3, 0.4) is 0 Å². The molecule has 0 unspecified atom stereocenters. The topological polar surface area (TPSA) is 95.7 Å². The molecule has 1 fully saturated rings. The minimum atomic E-state index is -1.17. The van der Waals surface area contributed by atoms with Gasteiger partial charge in [0.1, 0.15) is 0 Å². The van der Waals surface area contributed by atoms with Crippen molar-refractivity contribution in [3.05, 3.63) is 33.9 Å². The van der Waals surface area contributed by atoms with Gasteiger partial charge in [-0.1, -0.05) is 0 Å². The van der Waals surface area contributed by atoms with Crippen LogP contribution >= 0.6 is 0 Å². The maximum absolute atomic E-state index is 11.1. The lowest BCUT2D eigenvalue weighted by Gasteiger charge is -2.16. The van der Waals surface area contributed by atoms with Gasteiger partial charge in [-0.15, -0.1) is 0 Å². The summed E-state index contributed by atoms with van der Waals surface area (Å²) in [6.45, 7) is 3.62. The summed E-state index contributed by atoms with van der Waals surface area (Å²) in [7, 11) is 0. The smallest absolute Gasteiger partial charge is 0.338 e. The average Bonchev–Trinajstić information content (AvgIpc) is 2.91. The first-order chi connectivity index (χ1) is 9.58. The highest BCUT2D eigenvalue weighted by molar-refractivity contribution is 5.95. The SMILES string of the molecule is O=C(O)c1cc([N+](=O)[O-])ccc1NCCN1CCCC1. The third kappa shape index (κ3) is 3.45. The molecule has 0 spiro atoms. The minimum absolute atomic E-state index is 0.0689. The van der Waals surface area contributed by atoms with Crippen LogP contribution in [0.15, 0.2) is 18.2 Å². The van der Waals surface area contributed by atoms with Crippen molar-refractivity contribution in [2.75, 3.05) is 31.5 Å². The van der Waals surface area contributed by atoms with Crippen molar-refractivity contribution in [1.29, 1.82) is 0 Å². The number of hydrogen-bond donors (Lipinski definition) is 2. The molecule has 0 aliphatic carbocycles. The lowest BCUT2D eigenvalue weighted by molar-refractivity contribution is -0.384. The van der Waals surface area contributed by atoms with Gasteiger partial charge in [-0.2, -0.15) is 0 Å². The maximum atomic E-state index is 11.1. The summed E-state index contributed by atoms with van der Waals surface area (Å²) >= 11 is 0. The Morgan fingerprint density at radius 1 is 1.40 bits per heavy atom. The Labute approximate surface area is 116 Å². The number of hydrogen-bond acceptors (Lipinski definition) is 5. The van der Waals surface area contributed by atoms with Crippen LogP contribution < -0.4 is 5.32 Å². The second kappa shape index (κ2) is 6.33. The van der Waals surface area contributed by atoms with Crippen LogP contribution in [-0.4, -0.2) is 47.1 Å². The van der Waals surface area contributed by atoms with Gasteiger partial charge in [-0.25, -0.2) is 4.79 Å². The zero-order chi connectivity index (χ0) is 14.5. The summed E-state index contributed by atoms with van der Waals surface area (Å²) in [4.78, 5) is 23.5. The Balaban J connectivity index is 2.02. The Hall–Kier alpha value is -2.15. The second-order valence-electron chi connectivity index (χ2n) is 4.77. The molecule has 20 heavy (non-hydrogen) atoms. The molecule has 1 heterocycles. The Morgan fingerprint density at radius 2 is 2.10 bits per heavy atom. The molecule has 0 radical (unpaired) electrons. The molecule has 0 saturated carbocycles.